The van der Waals surface area contributed by atoms with Gasteiger partial charge in [0.25, 0.3) is 5.78 Å². The zero-order chi connectivity index (χ0) is 13.1. The molecule has 0 fully saturated rings. The van der Waals surface area contributed by atoms with E-state index in [0.29, 0.717) is 22.9 Å². The molecule has 0 atom stereocenters. The molecule has 18 heavy (non-hydrogen) atoms. The van der Waals surface area contributed by atoms with Crippen molar-refractivity contribution >= 4 is 11.7 Å². The molecule has 0 unspecified atom stereocenters. The molecule has 94 valence electrons. The molecule has 2 aromatic rings. The fraction of sp³-hybridized carbons (Fsp3) is 0.333. The monoisotopic (exact) mass is 246 g/mol. The third kappa shape index (κ3) is 2.09. The van der Waals surface area contributed by atoms with Gasteiger partial charge in [-0.1, -0.05) is 19.6 Å². The predicted molar refractivity (Wildman–Crippen MR) is 65.4 cm³/mol. The van der Waals surface area contributed by atoms with Crippen molar-refractivity contribution in [3.05, 3.63) is 35.9 Å². The largest absolute Gasteiger partial charge is 0.458 e. The second-order valence-corrected chi connectivity index (χ2v) is 3.74. The molecule has 0 radical (unpaired) electrons. The van der Waals surface area contributed by atoms with Gasteiger partial charge in [0.05, 0.1) is 11.3 Å². The van der Waals surface area contributed by atoms with Gasteiger partial charge in [-0.15, -0.1) is 5.10 Å². The van der Waals surface area contributed by atoms with E-state index in [0.717, 1.165) is 6.42 Å². The van der Waals surface area contributed by atoms with Crippen molar-refractivity contribution in [3.63, 3.8) is 0 Å². The summed E-state index contributed by atoms with van der Waals surface area (Å²) in [5.41, 5.74) is 1.05. The van der Waals surface area contributed by atoms with E-state index in [4.69, 9.17) is 4.74 Å². The Kier molecular flexibility index (Phi) is 3.36. The average Bonchev–Trinajstić information content (AvgIpc) is 2.80. The number of ether oxygens (including phenoxy) is 1. The summed E-state index contributed by atoms with van der Waals surface area (Å²) in [4.78, 5) is 20.1. The van der Waals surface area contributed by atoms with Gasteiger partial charge in [-0.05, 0) is 6.92 Å². The molecule has 0 N–H and O–H groups in total. The van der Waals surface area contributed by atoms with Gasteiger partial charge in [0.15, 0.2) is 5.82 Å². The van der Waals surface area contributed by atoms with E-state index >= 15 is 0 Å². The summed E-state index contributed by atoms with van der Waals surface area (Å²) in [6.45, 7) is 7.41. The van der Waals surface area contributed by atoms with Gasteiger partial charge in [0.2, 0.25) is 0 Å². The lowest BCUT2D eigenvalue weighted by Gasteiger charge is -2.05. The van der Waals surface area contributed by atoms with Crippen LogP contribution in [0, 0.1) is 6.92 Å². The van der Waals surface area contributed by atoms with Gasteiger partial charge >= 0.3 is 5.97 Å². The fourth-order valence-corrected chi connectivity index (χ4v) is 1.55. The second kappa shape index (κ2) is 4.95. The van der Waals surface area contributed by atoms with Crippen LogP contribution in [0.3, 0.4) is 0 Å². The molecule has 0 aliphatic rings. The van der Waals surface area contributed by atoms with Crippen LogP contribution in [0.15, 0.2) is 18.9 Å². The number of aromatic nitrogens is 4. The molecule has 2 rings (SSSR count). The minimum absolute atomic E-state index is 0.174. The molecule has 0 aromatic carbocycles. The molecule has 6 nitrogen and oxygen atoms in total. The first-order valence-corrected chi connectivity index (χ1v) is 5.66. The van der Waals surface area contributed by atoms with Crippen LogP contribution in [0.4, 0.5) is 0 Å². The standard InChI is InChI=1S/C12H14N4O2/c1-4-6-18-11(17)9-7-13-12-14-10(5-2)15-16(12)8(9)3/h4,7H,1,5-6H2,2-3H3. The minimum atomic E-state index is -0.435. The van der Waals surface area contributed by atoms with Crippen molar-refractivity contribution in [3.8, 4) is 0 Å². The van der Waals surface area contributed by atoms with Crippen LogP contribution in [0.1, 0.15) is 28.8 Å². The number of rotatable bonds is 4. The highest BCUT2D eigenvalue weighted by atomic mass is 16.5. The van der Waals surface area contributed by atoms with Crippen LogP contribution in [0.5, 0.6) is 0 Å². The number of fused-ring (bicyclic) bond motifs is 1. The highest BCUT2D eigenvalue weighted by Gasteiger charge is 2.15. The zero-order valence-electron chi connectivity index (χ0n) is 10.4. The summed E-state index contributed by atoms with van der Waals surface area (Å²) >= 11 is 0. The first-order valence-electron chi connectivity index (χ1n) is 5.66. The predicted octanol–water partition coefficient (Wildman–Crippen LogP) is 1.34. The third-order valence-electron chi connectivity index (χ3n) is 2.52. The molecule has 0 aliphatic carbocycles. The Bertz CT molecular complexity index is 603. The van der Waals surface area contributed by atoms with Crippen LogP contribution >= 0.6 is 0 Å². The van der Waals surface area contributed by atoms with Crippen molar-refractivity contribution in [2.75, 3.05) is 6.61 Å². The normalized spacial score (nSPS) is 10.6. The number of nitrogens with zero attached hydrogens (tertiary/aromatic N) is 4. The number of carbonyl (C=O) groups excluding carboxylic acids is 1. The van der Waals surface area contributed by atoms with Gasteiger partial charge in [-0.3, -0.25) is 0 Å². The Labute approximate surface area is 104 Å². The molecular weight excluding hydrogens is 232 g/mol. The maximum Gasteiger partial charge on any atom is 0.341 e. The summed E-state index contributed by atoms with van der Waals surface area (Å²) in [6, 6.07) is 0. The Morgan fingerprint density at radius 1 is 1.61 bits per heavy atom. The van der Waals surface area contributed by atoms with Gasteiger partial charge in [-0.2, -0.15) is 4.98 Å². The summed E-state index contributed by atoms with van der Waals surface area (Å²) in [5, 5.41) is 4.27. The summed E-state index contributed by atoms with van der Waals surface area (Å²) in [7, 11) is 0. The molecule has 0 aliphatic heterocycles. The molecule has 2 heterocycles. The van der Waals surface area contributed by atoms with Crippen molar-refractivity contribution < 1.29 is 9.53 Å². The summed E-state index contributed by atoms with van der Waals surface area (Å²) in [5.74, 6) is 0.752. The van der Waals surface area contributed by atoms with Crippen LogP contribution < -0.4 is 0 Å². The van der Waals surface area contributed by atoms with E-state index in [9.17, 15) is 4.79 Å². The minimum Gasteiger partial charge on any atom is -0.458 e. The van der Waals surface area contributed by atoms with Crippen molar-refractivity contribution in [2.45, 2.75) is 20.3 Å². The molecule has 0 saturated heterocycles. The number of hydrogen-bond acceptors (Lipinski definition) is 5. The average molecular weight is 246 g/mol. The number of aryl methyl sites for hydroxylation is 2. The van der Waals surface area contributed by atoms with E-state index in [1.807, 2.05) is 6.92 Å². The fourth-order valence-electron chi connectivity index (χ4n) is 1.55. The van der Waals surface area contributed by atoms with E-state index in [1.165, 1.54) is 12.3 Å². The number of esters is 1. The first-order chi connectivity index (χ1) is 8.67. The third-order valence-corrected chi connectivity index (χ3v) is 2.52. The van der Waals surface area contributed by atoms with E-state index in [-0.39, 0.29) is 6.61 Å². The number of carbonyl (C=O) groups is 1. The van der Waals surface area contributed by atoms with Gasteiger partial charge in [0, 0.05) is 12.6 Å². The lowest BCUT2D eigenvalue weighted by Crippen LogP contribution is -2.11. The van der Waals surface area contributed by atoms with Crippen molar-refractivity contribution in [2.24, 2.45) is 0 Å². The molecular formula is C12H14N4O2. The van der Waals surface area contributed by atoms with Gasteiger partial charge in [-0.25, -0.2) is 14.3 Å². The van der Waals surface area contributed by atoms with Crippen molar-refractivity contribution in [1.82, 2.24) is 19.6 Å². The lowest BCUT2D eigenvalue weighted by molar-refractivity contribution is 0.0547. The van der Waals surface area contributed by atoms with Crippen LogP contribution in [0.25, 0.3) is 5.78 Å². The Morgan fingerprint density at radius 3 is 3.06 bits per heavy atom. The van der Waals surface area contributed by atoms with Crippen LogP contribution in [-0.2, 0) is 11.2 Å². The summed E-state index contributed by atoms with van der Waals surface area (Å²) in [6.07, 6.45) is 3.70. The van der Waals surface area contributed by atoms with Gasteiger partial charge in [0.1, 0.15) is 6.61 Å². The van der Waals surface area contributed by atoms with E-state index < -0.39 is 5.97 Å². The number of hydrogen-bond donors (Lipinski definition) is 0. The van der Waals surface area contributed by atoms with Crippen LogP contribution in [-0.4, -0.2) is 32.2 Å². The van der Waals surface area contributed by atoms with E-state index in [1.54, 1.807) is 11.4 Å². The highest BCUT2D eigenvalue weighted by molar-refractivity contribution is 5.90. The Hall–Kier alpha value is -2.24. The SMILES string of the molecule is C=CCOC(=O)c1cnc2nc(CC)nn2c1C. The maximum absolute atomic E-state index is 11.8. The smallest absolute Gasteiger partial charge is 0.341 e. The van der Waals surface area contributed by atoms with E-state index in [2.05, 4.69) is 21.6 Å². The molecule has 0 amide bonds. The molecule has 6 heteroatoms. The maximum atomic E-state index is 11.8. The van der Waals surface area contributed by atoms with Crippen molar-refractivity contribution in [1.29, 1.82) is 0 Å². The second-order valence-electron chi connectivity index (χ2n) is 3.74. The quantitative estimate of drug-likeness (QED) is 0.601. The highest BCUT2D eigenvalue weighted by Crippen LogP contribution is 2.10. The topological polar surface area (TPSA) is 69.4 Å². The zero-order valence-corrected chi connectivity index (χ0v) is 10.4. The Balaban J connectivity index is 2.43. The first kappa shape index (κ1) is 12.2. The lowest BCUT2D eigenvalue weighted by atomic mass is 10.2. The molecule has 2 aromatic heterocycles. The van der Waals surface area contributed by atoms with Crippen LogP contribution in [0.2, 0.25) is 0 Å². The molecule has 0 spiro atoms. The molecule has 0 bridgehead atoms. The molecule has 0 saturated carbocycles. The summed E-state index contributed by atoms with van der Waals surface area (Å²) < 4.78 is 6.54. The van der Waals surface area contributed by atoms with Gasteiger partial charge < -0.3 is 4.74 Å². The Morgan fingerprint density at radius 2 is 2.39 bits per heavy atom.